The Hall–Kier alpha value is -0.610. The molecular formula is C16H29N3O. The average Bonchev–Trinajstić information content (AvgIpc) is 3.10. The summed E-state index contributed by atoms with van der Waals surface area (Å²) in [5.41, 5.74) is 0.458. The largest absolute Gasteiger partial charge is 0.352 e. The van der Waals surface area contributed by atoms with Gasteiger partial charge in [0.05, 0.1) is 6.04 Å². The minimum atomic E-state index is 0.0388. The summed E-state index contributed by atoms with van der Waals surface area (Å²) in [6.45, 7) is 6.55. The van der Waals surface area contributed by atoms with Crippen LogP contribution in [-0.4, -0.2) is 49.1 Å². The second kappa shape index (κ2) is 6.02. The second-order valence-electron chi connectivity index (χ2n) is 7.17. The molecule has 114 valence electrons. The molecule has 2 aliphatic heterocycles. The van der Waals surface area contributed by atoms with Crippen LogP contribution in [0.15, 0.2) is 0 Å². The highest BCUT2D eigenvalue weighted by molar-refractivity contribution is 5.81. The first-order valence-electron chi connectivity index (χ1n) is 8.44. The molecule has 1 spiro atoms. The van der Waals surface area contributed by atoms with Crippen LogP contribution in [0.4, 0.5) is 0 Å². The Kier molecular flexibility index (Phi) is 4.32. The van der Waals surface area contributed by atoms with Crippen LogP contribution in [0.1, 0.15) is 51.9 Å². The van der Waals surface area contributed by atoms with Crippen molar-refractivity contribution in [3.05, 3.63) is 0 Å². The highest BCUT2D eigenvalue weighted by Crippen LogP contribution is 2.36. The second-order valence-corrected chi connectivity index (χ2v) is 7.17. The summed E-state index contributed by atoms with van der Waals surface area (Å²) in [5, 5.41) is 6.76. The number of amides is 1. The van der Waals surface area contributed by atoms with E-state index in [1.165, 1.54) is 44.9 Å². The third kappa shape index (κ3) is 3.01. The van der Waals surface area contributed by atoms with Crippen LogP contribution in [0.3, 0.4) is 0 Å². The van der Waals surface area contributed by atoms with Crippen molar-refractivity contribution in [1.82, 2.24) is 15.5 Å². The average molecular weight is 279 g/mol. The van der Waals surface area contributed by atoms with Crippen molar-refractivity contribution in [3.8, 4) is 0 Å². The lowest BCUT2D eigenvalue weighted by Crippen LogP contribution is -2.48. The Labute approximate surface area is 122 Å². The fourth-order valence-electron chi connectivity index (χ4n) is 4.18. The van der Waals surface area contributed by atoms with Crippen LogP contribution in [0.2, 0.25) is 0 Å². The summed E-state index contributed by atoms with van der Waals surface area (Å²) in [7, 11) is 0. The molecule has 3 fully saturated rings. The molecule has 1 amide bonds. The molecule has 2 unspecified atom stereocenters. The molecule has 2 heterocycles. The third-order valence-electron chi connectivity index (χ3n) is 5.68. The molecule has 20 heavy (non-hydrogen) atoms. The van der Waals surface area contributed by atoms with E-state index >= 15 is 0 Å². The number of carbonyl (C=O) groups is 1. The molecule has 1 saturated carbocycles. The van der Waals surface area contributed by atoms with E-state index in [-0.39, 0.29) is 11.9 Å². The molecule has 3 aliphatic rings. The normalized spacial score (nSPS) is 33.6. The van der Waals surface area contributed by atoms with Crippen molar-refractivity contribution in [2.24, 2.45) is 5.41 Å². The van der Waals surface area contributed by atoms with E-state index < -0.39 is 0 Å². The van der Waals surface area contributed by atoms with Gasteiger partial charge in [-0.25, -0.2) is 0 Å². The first kappa shape index (κ1) is 14.3. The molecule has 0 bridgehead atoms. The van der Waals surface area contributed by atoms with Gasteiger partial charge in [-0.05, 0) is 51.1 Å². The summed E-state index contributed by atoms with van der Waals surface area (Å²) in [6.07, 6.45) is 8.76. The van der Waals surface area contributed by atoms with Gasteiger partial charge in [0.25, 0.3) is 0 Å². The van der Waals surface area contributed by atoms with Gasteiger partial charge >= 0.3 is 0 Å². The number of hydrogen-bond donors (Lipinski definition) is 2. The highest BCUT2D eigenvalue weighted by Gasteiger charge is 2.42. The zero-order valence-corrected chi connectivity index (χ0v) is 12.8. The topological polar surface area (TPSA) is 44.4 Å². The monoisotopic (exact) mass is 279 g/mol. The fraction of sp³-hybridized carbons (Fsp3) is 0.938. The number of nitrogens with zero attached hydrogens (tertiary/aromatic N) is 1. The molecular weight excluding hydrogens is 250 g/mol. The zero-order chi connectivity index (χ0) is 14.0. The van der Waals surface area contributed by atoms with E-state index in [2.05, 4.69) is 22.5 Å². The van der Waals surface area contributed by atoms with Gasteiger partial charge in [0.1, 0.15) is 0 Å². The predicted molar refractivity (Wildman–Crippen MR) is 80.6 cm³/mol. The minimum Gasteiger partial charge on any atom is -0.352 e. The third-order valence-corrected chi connectivity index (χ3v) is 5.68. The van der Waals surface area contributed by atoms with Crippen LogP contribution >= 0.6 is 0 Å². The number of rotatable bonds is 3. The van der Waals surface area contributed by atoms with Crippen LogP contribution in [0.25, 0.3) is 0 Å². The molecule has 2 atom stereocenters. The van der Waals surface area contributed by atoms with Gasteiger partial charge in [0.2, 0.25) is 5.91 Å². The van der Waals surface area contributed by atoms with Crippen LogP contribution in [0.5, 0.6) is 0 Å². The van der Waals surface area contributed by atoms with Gasteiger partial charge < -0.3 is 10.6 Å². The Balaban J connectivity index is 1.50. The van der Waals surface area contributed by atoms with Crippen molar-refractivity contribution in [3.63, 3.8) is 0 Å². The van der Waals surface area contributed by atoms with E-state index in [0.29, 0.717) is 11.5 Å². The molecule has 3 rings (SSSR count). The molecule has 2 saturated heterocycles. The SMILES string of the molecule is CC(C(=O)NC1CCCCC1)N1CCC2(CCNC2)C1. The molecule has 0 aromatic heterocycles. The van der Waals surface area contributed by atoms with Crippen molar-refractivity contribution in [2.75, 3.05) is 26.2 Å². The van der Waals surface area contributed by atoms with Crippen molar-refractivity contribution in [2.45, 2.75) is 64.0 Å². The maximum absolute atomic E-state index is 12.4. The molecule has 0 radical (unpaired) electrons. The van der Waals surface area contributed by atoms with E-state index in [4.69, 9.17) is 0 Å². The van der Waals surface area contributed by atoms with Crippen molar-refractivity contribution in [1.29, 1.82) is 0 Å². The molecule has 0 aromatic rings. The first-order valence-corrected chi connectivity index (χ1v) is 8.44. The van der Waals surface area contributed by atoms with Crippen LogP contribution in [0, 0.1) is 5.41 Å². The summed E-state index contributed by atoms with van der Waals surface area (Å²) < 4.78 is 0. The Morgan fingerprint density at radius 3 is 2.80 bits per heavy atom. The molecule has 1 aliphatic carbocycles. The maximum atomic E-state index is 12.4. The van der Waals surface area contributed by atoms with Gasteiger partial charge in [-0.2, -0.15) is 0 Å². The van der Waals surface area contributed by atoms with Crippen LogP contribution in [-0.2, 0) is 4.79 Å². The lowest BCUT2D eigenvalue weighted by atomic mass is 9.86. The number of likely N-dealkylation sites (tertiary alicyclic amines) is 1. The number of carbonyl (C=O) groups excluding carboxylic acids is 1. The molecule has 2 N–H and O–H groups in total. The minimum absolute atomic E-state index is 0.0388. The van der Waals surface area contributed by atoms with Crippen molar-refractivity contribution < 1.29 is 4.79 Å². The Bertz CT molecular complexity index is 346. The lowest BCUT2D eigenvalue weighted by Gasteiger charge is -2.29. The van der Waals surface area contributed by atoms with Gasteiger partial charge in [0.15, 0.2) is 0 Å². The molecule has 0 aromatic carbocycles. The maximum Gasteiger partial charge on any atom is 0.237 e. The standard InChI is InChI=1S/C16H29N3O/c1-13(15(20)18-14-5-3-2-4-6-14)19-10-8-16(12-19)7-9-17-11-16/h13-14,17H,2-12H2,1H3,(H,18,20). The lowest BCUT2D eigenvalue weighted by molar-refractivity contribution is -0.126. The van der Waals surface area contributed by atoms with Gasteiger partial charge in [-0.1, -0.05) is 19.3 Å². The summed E-state index contributed by atoms with van der Waals surface area (Å²) in [4.78, 5) is 14.8. The molecule has 4 heteroatoms. The zero-order valence-electron chi connectivity index (χ0n) is 12.8. The van der Waals surface area contributed by atoms with E-state index in [0.717, 1.165) is 26.2 Å². The van der Waals surface area contributed by atoms with Crippen LogP contribution < -0.4 is 10.6 Å². The summed E-state index contributed by atoms with van der Waals surface area (Å²) in [5.74, 6) is 0.250. The van der Waals surface area contributed by atoms with Crippen molar-refractivity contribution >= 4 is 5.91 Å². The van der Waals surface area contributed by atoms with Gasteiger partial charge in [-0.3, -0.25) is 9.69 Å². The summed E-state index contributed by atoms with van der Waals surface area (Å²) in [6, 6.07) is 0.473. The highest BCUT2D eigenvalue weighted by atomic mass is 16.2. The van der Waals surface area contributed by atoms with E-state index in [1.54, 1.807) is 0 Å². The molecule has 4 nitrogen and oxygen atoms in total. The smallest absolute Gasteiger partial charge is 0.237 e. The Morgan fingerprint density at radius 1 is 1.30 bits per heavy atom. The van der Waals surface area contributed by atoms with Gasteiger partial charge in [0, 0.05) is 19.1 Å². The number of nitrogens with one attached hydrogen (secondary N) is 2. The predicted octanol–water partition coefficient (Wildman–Crippen LogP) is 1.51. The fourth-order valence-corrected chi connectivity index (χ4v) is 4.18. The first-order chi connectivity index (χ1) is 9.69. The summed E-state index contributed by atoms with van der Waals surface area (Å²) >= 11 is 0. The quantitative estimate of drug-likeness (QED) is 0.823. The van der Waals surface area contributed by atoms with Gasteiger partial charge in [-0.15, -0.1) is 0 Å². The van der Waals surface area contributed by atoms with E-state index in [9.17, 15) is 4.79 Å². The van der Waals surface area contributed by atoms with E-state index in [1.807, 2.05) is 0 Å². The Morgan fingerprint density at radius 2 is 2.10 bits per heavy atom. The number of hydrogen-bond acceptors (Lipinski definition) is 3.